The Balaban J connectivity index is 1.73. The lowest BCUT2D eigenvalue weighted by Gasteiger charge is -2.32. The summed E-state index contributed by atoms with van der Waals surface area (Å²) in [5, 5.41) is 23.8. The van der Waals surface area contributed by atoms with Crippen LogP contribution in [-0.4, -0.2) is 193 Å². The molecule has 2 saturated heterocycles. The molecule has 25 N–H and O–H groups in total. The number of rotatable bonds is 27. The van der Waals surface area contributed by atoms with Gasteiger partial charge in [0.15, 0.2) is 17.9 Å². The van der Waals surface area contributed by atoms with Gasteiger partial charge in [-0.15, -0.1) is 0 Å². The highest BCUT2D eigenvalue weighted by molar-refractivity contribution is 8.76. The molecule has 10 atom stereocenters. The molecule has 500 valence electrons. The Kier molecular flexibility index (Phi) is 32.2. The number of aliphatic imine (C=N–C) groups is 3. The third-order valence-corrected chi connectivity index (χ3v) is 17.1. The number of hydrogen-bond acceptors (Lipinski definition) is 17. The van der Waals surface area contributed by atoms with E-state index >= 15 is 0 Å². The van der Waals surface area contributed by atoms with Crippen LogP contribution in [0.1, 0.15) is 82.8 Å². The highest BCUT2D eigenvalue weighted by Gasteiger charge is 2.41. The molecule has 2 aromatic carbocycles. The van der Waals surface area contributed by atoms with Gasteiger partial charge in [0.05, 0.1) is 19.1 Å². The van der Waals surface area contributed by atoms with Gasteiger partial charge in [0, 0.05) is 44.1 Å². The number of nitrogens with two attached hydrogens (primary N) is 8. The van der Waals surface area contributed by atoms with Crippen LogP contribution in [0.2, 0.25) is 0 Å². The van der Waals surface area contributed by atoms with Gasteiger partial charge >= 0.3 is 0 Å². The van der Waals surface area contributed by atoms with Crippen LogP contribution in [0.4, 0.5) is 0 Å². The smallest absolute Gasteiger partial charge is 0.245 e. The van der Waals surface area contributed by atoms with Gasteiger partial charge < -0.3 is 98.6 Å². The minimum atomic E-state index is -1.55. The molecule has 2 aliphatic heterocycles. The Hall–Kier alpha value is -8.92. The van der Waals surface area contributed by atoms with Crippen molar-refractivity contribution < 1.29 is 52.7 Å². The second kappa shape index (κ2) is 39.3. The minimum Gasteiger partial charge on any atom is -0.370 e. The van der Waals surface area contributed by atoms with Crippen LogP contribution in [0.5, 0.6) is 0 Å². The average molecular weight is 1310 g/mol. The average Bonchev–Trinajstić information content (AvgIpc) is 3.94. The maximum absolute atomic E-state index is 14.8. The van der Waals surface area contributed by atoms with Crippen molar-refractivity contribution >= 4 is 104 Å². The zero-order chi connectivity index (χ0) is 67.0. The van der Waals surface area contributed by atoms with E-state index in [4.69, 9.17) is 45.9 Å². The zero-order valence-electron chi connectivity index (χ0n) is 51.2. The van der Waals surface area contributed by atoms with Crippen molar-refractivity contribution in [1.29, 1.82) is 0 Å². The van der Waals surface area contributed by atoms with E-state index in [1.807, 2.05) is 6.07 Å². The number of fused-ring (bicyclic) bond motifs is 1. The summed E-state index contributed by atoms with van der Waals surface area (Å²) in [5.74, 6) is -10.6. The lowest BCUT2D eigenvalue weighted by atomic mass is 9.96. The number of primary amides is 1. The zero-order valence-corrected chi connectivity index (χ0v) is 52.8. The predicted octanol–water partition coefficient (Wildman–Crippen LogP) is -5.50. The number of nitrogens with one attached hydrogen (secondary N) is 9. The SMILES string of the molecule is CC[C@H](C)[C@@H]1NC(=O)C(CCCN=C(N)N)NC(=O)C(CCCN=C(N)N)NC(=O)[C@@H](NC(=O)[C@H](Cc2ccccc2)NC(=O)CNC(=O)CNC(=O)[C@@H](N)Cc2ccccc2)CSSC[C@@H](C(N)=O)NC(=O)[C@@H]2CCCN2C(=O)[C@H](CCCN=C(N)N)NC1=O. The first-order valence-electron chi connectivity index (χ1n) is 29.9. The summed E-state index contributed by atoms with van der Waals surface area (Å²) >= 11 is 0. The van der Waals surface area contributed by atoms with E-state index < -0.39 is 138 Å². The summed E-state index contributed by atoms with van der Waals surface area (Å²) in [7, 11) is 1.94. The fourth-order valence-electron chi connectivity index (χ4n) is 9.53. The molecule has 0 saturated carbocycles. The van der Waals surface area contributed by atoms with Crippen LogP contribution < -0.4 is 93.7 Å². The number of hydrogen-bond donors (Lipinski definition) is 17. The number of benzene rings is 2. The van der Waals surface area contributed by atoms with E-state index in [2.05, 4.69) is 62.8 Å². The fraction of sp³-hybridized carbons (Fsp3) is 0.544. The van der Waals surface area contributed by atoms with E-state index in [0.29, 0.717) is 18.4 Å². The van der Waals surface area contributed by atoms with E-state index in [-0.39, 0.29) is 113 Å². The lowest BCUT2D eigenvalue weighted by molar-refractivity contribution is -0.142. The molecule has 2 fully saturated rings. The largest absolute Gasteiger partial charge is 0.370 e. The Labute approximate surface area is 535 Å². The van der Waals surface area contributed by atoms with Gasteiger partial charge in [0.25, 0.3) is 0 Å². The van der Waals surface area contributed by atoms with Crippen LogP contribution in [0.3, 0.4) is 0 Å². The highest BCUT2D eigenvalue weighted by atomic mass is 33.1. The predicted molar refractivity (Wildman–Crippen MR) is 346 cm³/mol. The van der Waals surface area contributed by atoms with Crippen molar-refractivity contribution in [1.82, 2.24) is 52.8 Å². The van der Waals surface area contributed by atoms with Crippen LogP contribution in [0, 0.1) is 5.92 Å². The molecule has 34 heteroatoms. The van der Waals surface area contributed by atoms with Crippen LogP contribution >= 0.6 is 21.6 Å². The summed E-state index contributed by atoms with van der Waals surface area (Å²) in [6.07, 6.45) is 1.07. The molecule has 2 aromatic rings. The molecule has 0 radical (unpaired) electrons. The standard InChI is InChI=1S/C57H89N21O11S2/c1-3-32(2)45-53(88)74-38(20-12-24-68-57(64)65)54(89)78-25-13-21-42(78)52(87)75-40(46(59)81)30-90-91-31-41(51(86)73-36(18-10-22-66-55(60)61)48(83)72-37(49(84)77-45)19-11-23-67-56(62)63)76-50(85)39(27-34-16-8-5-9-17-34)71-44(80)29-69-43(79)28-70-47(82)35(58)26-33-14-6-4-7-15-33/h4-9,14-17,32,35-42,45H,3,10-13,18-31,58H2,1-2H3,(H2,59,81)(H,69,79)(H,70,82)(H,71,80)(H,72,83)(H,73,86)(H,74,88)(H,75,87)(H,76,85)(H,77,84)(H4,60,61,66)(H4,62,63,67)(H4,64,65,68)/t32-,35-,36?,37?,38-,39-,40-,41-,42-,45-/m0/s1. The summed E-state index contributed by atoms with van der Waals surface area (Å²) in [5.41, 5.74) is 46.8. The Morgan fingerprint density at radius 2 is 1.11 bits per heavy atom. The first-order valence-corrected chi connectivity index (χ1v) is 32.4. The van der Waals surface area contributed by atoms with Crippen molar-refractivity contribution in [3.05, 3.63) is 71.8 Å². The van der Waals surface area contributed by atoms with Gasteiger partial charge in [-0.05, 0) is 74.8 Å². The molecule has 2 unspecified atom stereocenters. The number of carbonyl (C=O) groups is 11. The van der Waals surface area contributed by atoms with Gasteiger partial charge in [-0.1, -0.05) is 103 Å². The van der Waals surface area contributed by atoms with E-state index in [1.165, 1.54) is 4.90 Å². The molecule has 0 aromatic heterocycles. The van der Waals surface area contributed by atoms with Crippen molar-refractivity contribution in [3.63, 3.8) is 0 Å². The van der Waals surface area contributed by atoms with Crippen molar-refractivity contribution in [3.8, 4) is 0 Å². The fourth-order valence-corrected chi connectivity index (χ4v) is 11.9. The molecule has 91 heavy (non-hydrogen) atoms. The Bertz CT molecular complexity index is 2880. The molecule has 4 rings (SSSR count). The third-order valence-electron chi connectivity index (χ3n) is 14.6. The maximum atomic E-state index is 14.8. The van der Waals surface area contributed by atoms with Crippen LogP contribution in [0.25, 0.3) is 0 Å². The van der Waals surface area contributed by atoms with Crippen molar-refractivity contribution in [2.24, 2.45) is 66.8 Å². The normalized spacial score (nSPS) is 21.4. The monoisotopic (exact) mass is 1310 g/mol. The van der Waals surface area contributed by atoms with Crippen LogP contribution in [0.15, 0.2) is 75.6 Å². The van der Waals surface area contributed by atoms with Crippen molar-refractivity contribution in [2.45, 2.75) is 139 Å². The van der Waals surface area contributed by atoms with Crippen LogP contribution in [-0.2, 0) is 65.6 Å². The molecule has 11 amide bonds. The second-order valence-electron chi connectivity index (χ2n) is 21.8. The number of carbonyl (C=O) groups excluding carboxylic acids is 11. The first-order chi connectivity index (χ1) is 43.4. The van der Waals surface area contributed by atoms with Gasteiger partial charge in [-0.3, -0.25) is 67.7 Å². The van der Waals surface area contributed by atoms with E-state index in [9.17, 15) is 52.7 Å². The molecule has 0 bridgehead atoms. The summed E-state index contributed by atoms with van der Waals surface area (Å²) in [4.78, 5) is 168. The molecule has 0 aliphatic carbocycles. The number of nitrogens with zero attached hydrogens (tertiary/aromatic N) is 4. The molecule has 2 aliphatic rings. The Morgan fingerprint density at radius 3 is 1.66 bits per heavy atom. The molecule has 0 spiro atoms. The Morgan fingerprint density at radius 1 is 0.604 bits per heavy atom. The lowest BCUT2D eigenvalue weighted by Crippen LogP contribution is -2.61. The van der Waals surface area contributed by atoms with E-state index in [1.54, 1.807) is 68.4 Å². The molecular weight excluding hydrogens is 1220 g/mol. The maximum Gasteiger partial charge on any atom is 0.245 e. The summed E-state index contributed by atoms with van der Waals surface area (Å²) in [6, 6.07) is 5.63. The number of amides is 11. The number of guanidine groups is 3. The summed E-state index contributed by atoms with van der Waals surface area (Å²) < 4.78 is 0. The summed E-state index contributed by atoms with van der Waals surface area (Å²) in [6.45, 7) is 2.46. The quantitative estimate of drug-likeness (QED) is 0.0172. The second-order valence-corrected chi connectivity index (χ2v) is 24.3. The molecule has 32 nitrogen and oxygen atoms in total. The van der Waals surface area contributed by atoms with Gasteiger partial charge in [-0.2, -0.15) is 0 Å². The first kappa shape index (κ1) is 74.5. The highest BCUT2D eigenvalue weighted by Crippen LogP contribution is 2.25. The van der Waals surface area contributed by atoms with Gasteiger partial charge in [0.1, 0.15) is 48.3 Å². The molecule has 2 heterocycles. The third kappa shape index (κ3) is 27.0. The van der Waals surface area contributed by atoms with Gasteiger partial charge in [0.2, 0.25) is 65.0 Å². The topological polar surface area (TPSA) is 545 Å². The van der Waals surface area contributed by atoms with Gasteiger partial charge in [-0.25, -0.2) is 0 Å². The van der Waals surface area contributed by atoms with E-state index in [0.717, 1.165) is 27.2 Å². The molecular formula is C57H89N21O11S2. The minimum absolute atomic E-state index is 0.00941. The van der Waals surface area contributed by atoms with Crippen molar-refractivity contribution in [2.75, 3.05) is 50.8 Å².